The molecular weight excluding hydrogens is 304 g/mol. The third kappa shape index (κ3) is 3.86. The number of para-hydroxylation sites is 1. The largest absolute Gasteiger partial charge is 0.487 e. The Kier molecular flexibility index (Phi) is 4.67. The van der Waals surface area contributed by atoms with Crippen LogP contribution in [0.5, 0.6) is 5.75 Å². The molecule has 0 aliphatic rings. The zero-order valence-corrected chi connectivity index (χ0v) is 12.8. The van der Waals surface area contributed by atoms with E-state index in [-0.39, 0.29) is 0 Å². The highest BCUT2D eigenvalue weighted by atomic mass is 16.5. The zero-order valence-electron chi connectivity index (χ0n) is 12.8. The van der Waals surface area contributed by atoms with Crippen molar-refractivity contribution in [3.8, 4) is 5.75 Å². The van der Waals surface area contributed by atoms with Gasteiger partial charge in [0.25, 0.3) is 0 Å². The summed E-state index contributed by atoms with van der Waals surface area (Å²) in [5.41, 5.74) is 9.51. The lowest BCUT2D eigenvalue weighted by molar-refractivity contribution is 0.249. The van der Waals surface area contributed by atoms with E-state index >= 15 is 0 Å². The van der Waals surface area contributed by atoms with Crippen LogP contribution in [-0.2, 0) is 6.61 Å². The van der Waals surface area contributed by atoms with Gasteiger partial charge in [-0.2, -0.15) is 5.10 Å². The summed E-state index contributed by atoms with van der Waals surface area (Å²) >= 11 is 0. The third-order valence-electron chi connectivity index (χ3n) is 3.31. The first kappa shape index (κ1) is 15.5. The lowest BCUT2D eigenvalue weighted by atomic mass is 10.2. The maximum atomic E-state index is 10.6. The van der Waals surface area contributed by atoms with E-state index in [2.05, 4.69) is 15.5 Å². The average Bonchev–Trinajstić information content (AvgIpc) is 2.60. The van der Waals surface area contributed by atoms with Crippen LogP contribution < -0.4 is 15.9 Å². The smallest absolute Gasteiger partial charge is 0.332 e. The van der Waals surface area contributed by atoms with Gasteiger partial charge in [-0.3, -0.25) is 0 Å². The minimum Gasteiger partial charge on any atom is -0.487 e. The van der Waals surface area contributed by atoms with Crippen molar-refractivity contribution in [2.45, 2.75) is 6.61 Å². The van der Waals surface area contributed by atoms with E-state index in [0.29, 0.717) is 18.1 Å². The predicted molar refractivity (Wildman–Crippen MR) is 92.8 cm³/mol. The molecule has 6 nitrogen and oxygen atoms in total. The second-order valence-corrected chi connectivity index (χ2v) is 5.07. The number of nitrogens with one attached hydrogen (secondary N) is 1. The molecule has 3 N–H and O–H groups in total. The van der Waals surface area contributed by atoms with Crippen LogP contribution in [0.2, 0.25) is 0 Å². The molecule has 0 aliphatic carbocycles. The van der Waals surface area contributed by atoms with Crippen LogP contribution in [0.25, 0.3) is 10.9 Å². The van der Waals surface area contributed by atoms with Gasteiger partial charge in [-0.25, -0.2) is 15.2 Å². The number of fused-ring (bicyclic) bond motifs is 1. The number of rotatable bonds is 5. The number of primary amides is 1. The average molecular weight is 320 g/mol. The fraction of sp³-hybridized carbons (Fsp3) is 0.0556. The van der Waals surface area contributed by atoms with Gasteiger partial charge in [0.1, 0.15) is 17.9 Å². The molecule has 0 saturated heterocycles. The van der Waals surface area contributed by atoms with E-state index in [9.17, 15) is 4.79 Å². The lowest BCUT2D eigenvalue weighted by Crippen LogP contribution is -2.24. The maximum absolute atomic E-state index is 10.6. The first-order valence-corrected chi connectivity index (χ1v) is 7.37. The van der Waals surface area contributed by atoms with Gasteiger partial charge in [-0.05, 0) is 17.7 Å². The number of hydrogen-bond acceptors (Lipinski definition) is 4. The molecule has 0 bridgehead atoms. The lowest BCUT2D eigenvalue weighted by Gasteiger charge is -2.09. The van der Waals surface area contributed by atoms with Crippen molar-refractivity contribution >= 4 is 23.1 Å². The van der Waals surface area contributed by atoms with Gasteiger partial charge >= 0.3 is 6.03 Å². The van der Waals surface area contributed by atoms with Gasteiger partial charge in [-0.1, -0.05) is 48.5 Å². The number of aromatic nitrogens is 1. The highest BCUT2D eigenvalue weighted by Gasteiger charge is 2.05. The Hall–Kier alpha value is -3.41. The number of nitrogens with two attached hydrogens (primary N) is 1. The van der Waals surface area contributed by atoms with Gasteiger partial charge in [0, 0.05) is 5.39 Å². The van der Waals surface area contributed by atoms with Crippen molar-refractivity contribution < 1.29 is 9.53 Å². The number of amides is 2. The Labute approximate surface area is 139 Å². The number of hydrogen-bond donors (Lipinski definition) is 2. The zero-order chi connectivity index (χ0) is 16.8. The summed E-state index contributed by atoms with van der Waals surface area (Å²) in [5.74, 6) is 0.689. The van der Waals surface area contributed by atoms with Gasteiger partial charge < -0.3 is 10.5 Å². The van der Waals surface area contributed by atoms with E-state index in [4.69, 9.17) is 10.5 Å². The molecule has 24 heavy (non-hydrogen) atoms. The van der Waals surface area contributed by atoms with Crippen molar-refractivity contribution in [2.24, 2.45) is 10.8 Å². The predicted octanol–water partition coefficient (Wildman–Crippen LogP) is 2.82. The van der Waals surface area contributed by atoms with Crippen molar-refractivity contribution in [1.82, 2.24) is 10.4 Å². The van der Waals surface area contributed by atoms with Crippen LogP contribution >= 0.6 is 0 Å². The SMILES string of the molecule is NC(=O)N/N=C\c1ccc2cccc(OCc3ccccc3)c2n1. The molecule has 1 aromatic heterocycles. The van der Waals surface area contributed by atoms with E-state index in [1.165, 1.54) is 6.21 Å². The van der Waals surface area contributed by atoms with E-state index in [0.717, 1.165) is 16.5 Å². The molecule has 0 saturated carbocycles. The summed E-state index contributed by atoms with van der Waals surface area (Å²) < 4.78 is 5.91. The first-order chi connectivity index (χ1) is 11.7. The fourth-order valence-electron chi connectivity index (χ4n) is 2.22. The van der Waals surface area contributed by atoms with Crippen molar-refractivity contribution in [1.29, 1.82) is 0 Å². The Morgan fingerprint density at radius 3 is 2.75 bits per heavy atom. The third-order valence-corrected chi connectivity index (χ3v) is 3.31. The van der Waals surface area contributed by atoms with Crippen LogP contribution in [-0.4, -0.2) is 17.2 Å². The number of benzene rings is 2. The maximum Gasteiger partial charge on any atom is 0.332 e. The highest BCUT2D eigenvalue weighted by molar-refractivity contribution is 5.89. The fourth-order valence-corrected chi connectivity index (χ4v) is 2.22. The molecule has 6 heteroatoms. The summed E-state index contributed by atoms with van der Waals surface area (Å²) in [6.07, 6.45) is 1.43. The Bertz CT molecular complexity index is 879. The van der Waals surface area contributed by atoms with Crippen LogP contribution in [0.3, 0.4) is 0 Å². The normalized spacial score (nSPS) is 10.8. The summed E-state index contributed by atoms with van der Waals surface area (Å²) in [6, 6.07) is 18.7. The van der Waals surface area contributed by atoms with E-state index in [1.807, 2.05) is 54.6 Å². The minimum absolute atomic E-state index is 0.461. The number of ether oxygens (including phenoxy) is 1. The second kappa shape index (κ2) is 7.23. The van der Waals surface area contributed by atoms with Gasteiger partial charge in [-0.15, -0.1) is 0 Å². The van der Waals surface area contributed by atoms with Gasteiger partial charge in [0.15, 0.2) is 0 Å². The summed E-state index contributed by atoms with van der Waals surface area (Å²) in [6.45, 7) is 0.461. The van der Waals surface area contributed by atoms with Gasteiger partial charge in [0.2, 0.25) is 0 Å². The van der Waals surface area contributed by atoms with Crippen LogP contribution in [0.4, 0.5) is 4.79 Å². The quantitative estimate of drug-likeness (QED) is 0.559. The standard InChI is InChI=1S/C18H16N4O2/c19-18(23)22-20-11-15-10-9-14-7-4-8-16(17(14)21-15)24-12-13-5-2-1-3-6-13/h1-11H,12H2,(H3,19,22,23)/b20-11-. The number of hydrazone groups is 1. The molecule has 0 atom stereocenters. The molecule has 0 spiro atoms. The molecule has 0 unspecified atom stereocenters. The Morgan fingerprint density at radius 1 is 1.12 bits per heavy atom. The molecule has 2 amide bonds. The van der Waals surface area contributed by atoms with Crippen LogP contribution in [0.15, 0.2) is 65.8 Å². The molecule has 0 aliphatic heterocycles. The molecule has 3 rings (SSSR count). The van der Waals surface area contributed by atoms with Crippen molar-refractivity contribution in [3.05, 3.63) is 71.9 Å². The number of nitrogens with zero attached hydrogens (tertiary/aromatic N) is 2. The van der Waals surface area contributed by atoms with Crippen LogP contribution in [0, 0.1) is 0 Å². The van der Waals surface area contributed by atoms with Gasteiger partial charge in [0.05, 0.1) is 11.9 Å². The molecule has 3 aromatic rings. The molecule has 0 radical (unpaired) electrons. The number of urea groups is 1. The van der Waals surface area contributed by atoms with Crippen LogP contribution in [0.1, 0.15) is 11.3 Å². The Morgan fingerprint density at radius 2 is 1.96 bits per heavy atom. The van der Waals surface area contributed by atoms with E-state index < -0.39 is 6.03 Å². The highest BCUT2D eigenvalue weighted by Crippen LogP contribution is 2.24. The topological polar surface area (TPSA) is 89.6 Å². The first-order valence-electron chi connectivity index (χ1n) is 7.37. The molecule has 0 fully saturated rings. The monoisotopic (exact) mass is 320 g/mol. The van der Waals surface area contributed by atoms with E-state index in [1.54, 1.807) is 6.07 Å². The summed E-state index contributed by atoms with van der Waals surface area (Å²) in [4.78, 5) is 15.2. The van der Waals surface area contributed by atoms with Crippen molar-refractivity contribution in [3.63, 3.8) is 0 Å². The molecule has 120 valence electrons. The summed E-state index contributed by atoms with van der Waals surface area (Å²) in [7, 11) is 0. The second-order valence-electron chi connectivity index (χ2n) is 5.07. The Balaban J connectivity index is 1.84. The molecule has 1 heterocycles. The number of carbonyl (C=O) groups is 1. The molecule has 2 aromatic carbocycles. The number of pyridine rings is 1. The minimum atomic E-state index is -0.723. The van der Waals surface area contributed by atoms with Crippen molar-refractivity contribution in [2.75, 3.05) is 0 Å². The number of carbonyl (C=O) groups excluding carboxylic acids is 1. The molecular formula is C18H16N4O2. The summed E-state index contributed by atoms with van der Waals surface area (Å²) in [5, 5.41) is 4.68.